The number of aliphatic hydroxyl groups excluding tert-OH is 1. The van der Waals surface area contributed by atoms with E-state index in [9.17, 15) is 20.0 Å². The third-order valence-electron chi connectivity index (χ3n) is 6.83. The van der Waals surface area contributed by atoms with Crippen LogP contribution < -0.4 is 4.74 Å². The molecule has 0 aromatic heterocycles. The van der Waals surface area contributed by atoms with Gasteiger partial charge in [0.2, 0.25) is 0 Å². The van der Waals surface area contributed by atoms with Crippen LogP contribution in [0.5, 0.6) is 5.75 Å². The molecule has 8 heteroatoms. The fraction of sp³-hybridized carbons (Fsp3) is 0.519. The number of nitrogens with zero attached hydrogens (tertiary/aromatic N) is 2. The molecule has 2 aliphatic rings. The molecule has 2 aromatic carbocycles. The number of nitro benzene ring substituents is 1. The number of carbonyl (C=O) groups is 1. The fourth-order valence-electron chi connectivity index (χ4n) is 5.15. The van der Waals surface area contributed by atoms with Gasteiger partial charge in [0.15, 0.2) is 0 Å². The van der Waals surface area contributed by atoms with Crippen LogP contribution in [0.3, 0.4) is 0 Å². The molecule has 1 aliphatic heterocycles. The lowest BCUT2D eigenvalue weighted by atomic mass is 9.74. The second kappa shape index (κ2) is 9.85. The maximum Gasteiger partial charge on any atom is 0.410 e. The van der Waals surface area contributed by atoms with Crippen LogP contribution in [0.4, 0.5) is 10.5 Å². The van der Waals surface area contributed by atoms with Crippen LogP contribution in [-0.4, -0.2) is 44.9 Å². The van der Waals surface area contributed by atoms with Crippen molar-refractivity contribution in [2.75, 3.05) is 6.54 Å². The smallest absolute Gasteiger partial charge is 0.410 e. The van der Waals surface area contributed by atoms with E-state index in [1.54, 1.807) is 31.7 Å². The molecule has 35 heavy (non-hydrogen) atoms. The molecule has 1 amide bonds. The first kappa shape index (κ1) is 25.0. The minimum Gasteiger partial charge on any atom is -0.484 e. The van der Waals surface area contributed by atoms with Gasteiger partial charge in [0.05, 0.1) is 17.0 Å². The molecule has 0 saturated heterocycles. The second-order valence-corrected chi connectivity index (χ2v) is 10.5. The van der Waals surface area contributed by atoms with Crippen molar-refractivity contribution in [2.24, 2.45) is 0 Å². The van der Waals surface area contributed by atoms with E-state index < -0.39 is 34.4 Å². The van der Waals surface area contributed by atoms with Gasteiger partial charge in [-0.25, -0.2) is 4.79 Å². The van der Waals surface area contributed by atoms with Gasteiger partial charge in [0.1, 0.15) is 23.1 Å². The number of rotatable bonds is 5. The van der Waals surface area contributed by atoms with Crippen molar-refractivity contribution in [3.63, 3.8) is 0 Å². The number of nitro groups is 1. The number of fused-ring (bicyclic) bond motifs is 1. The molecular formula is C27H34N2O6. The maximum absolute atomic E-state index is 13.5. The Morgan fingerprint density at radius 2 is 1.86 bits per heavy atom. The molecule has 1 saturated carbocycles. The molecule has 188 valence electrons. The fourth-order valence-corrected chi connectivity index (χ4v) is 5.15. The normalized spacial score (nSPS) is 21.0. The highest BCUT2D eigenvalue weighted by Crippen LogP contribution is 2.49. The zero-order chi connectivity index (χ0) is 25.2. The molecule has 2 unspecified atom stereocenters. The molecule has 1 fully saturated rings. The zero-order valence-corrected chi connectivity index (χ0v) is 20.6. The molecule has 1 N–H and O–H groups in total. The van der Waals surface area contributed by atoms with E-state index in [0.29, 0.717) is 37.1 Å². The Morgan fingerprint density at radius 3 is 2.49 bits per heavy atom. The Balaban J connectivity index is 1.78. The van der Waals surface area contributed by atoms with Gasteiger partial charge in [-0.3, -0.25) is 15.0 Å². The molecule has 0 radical (unpaired) electrons. The van der Waals surface area contributed by atoms with Crippen LogP contribution in [0, 0.1) is 10.1 Å². The summed E-state index contributed by atoms with van der Waals surface area (Å²) in [5, 5.41) is 23.3. The van der Waals surface area contributed by atoms with E-state index in [2.05, 4.69) is 0 Å². The maximum atomic E-state index is 13.5. The van der Waals surface area contributed by atoms with Gasteiger partial charge in [-0.1, -0.05) is 36.8 Å². The highest BCUT2D eigenvalue weighted by Gasteiger charge is 2.53. The summed E-state index contributed by atoms with van der Waals surface area (Å²) in [4.78, 5) is 26.1. The van der Waals surface area contributed by atoms with Crippen molar-refractivity contribution in [3.05, 3.63) is 69.8 Å². The quantitative estimate of drug-likeness (QED) is 0.441. The Kier molecular flexibility index (Phi) is 7.03. The van der Waals surface area contributed by atoms with E-state index in [0.717, 1.165) is 24.8 Å². The highest BCUT2D eigenvalue weighted by atomic mass is 16.6. The second-order valence-electron chi connectivity index (χ2n) is 10.5. The van der Waals surface area contributed by atoms with Gasteiger partial charge < -0.3 is 14.6 Å². The van der Waals surface area contributed by atoms with E-state index in [1.165, 1.54) is 12.1 Å². The van der Waals surface area contributed by atoms with Gasteiger partial charge in [-0.2, -0.15) is 0 Å². The van der Waals surface area contributed by atoms with E-state index in [4.69, 9.17) is 9.47 Å². The lowest BCUT2D eigenvalue weighted by Gasteiger charge is -2.50. The first-order chi connectivity index (χ1) is 16.6. The van der Waals surface area contributed by atoms with E-state index >= 15 is 0 Å². The summed E-state index contributed by atoms with van der Waals surface area (Å²) in [5.41, 5.74) is -0.105. The number of hydrogen-bond donors (Lipinski definition) is 1. The number of aliphatic hydroxyl groups is 1. The Morgan fingerprint density at radius 1 is 1.17 bits per heavy atom. The predicted octanol–water partition coefficient (Wildman–Crippen LogP) is 5.57. The van der Waals surface area contributed by atoms with Crippen LogP contribution in [-0.2, 0) is 11.2 Å². The predicted molar refractivity (Wildman–Crippen MR) is 131 cm³/mol. The lowest BCUT2D eigenvalue weighted by Crippen LogP contribution is -2.59. The first-order valence-corrected chi connectivity index (χ1v) is 12.3. The summed E-state index contributed by atoms with van der Waals surface area (Å²) in [6.45, 7) is 5.73. The number of benzene rings is 2. The topological polar surface area (TPSA) is 102 Å². The zero-order valence-electron chi connectivity index (χ0n) is 20.6. The Bertz CT molecular complexity index is 1060. The summed E-state index contributed by atoms with van der Waals surface area (Å²) in [6, 6.07) is 13.5. The molecule has 1 heterocycles. The first-order valence-electron chi connectivity index (χ1n) is 12.3. The summed E-state index contributed by atoms with van der Waals surface area (Å²) < 4.78 is 12.1. The molecule has 2 aromatic rings. The van der Waals surface area contributed by atoms with Gasteiger partial charge >= 0.3 is 6.09 Å². The van der Waals surface area contributed by atoms with Crippen LogP contribution in [0.15, 0.2) is 48.5 Å². The molecule has 4 rings (SSSR count). The van der Waals surface area contributed by atoms with Crippen LogP contribution in [0.2, 0.25) is 0 Å². The average molecular weight is 483 g/mol. The minimum atomic E-state index is -1.000. The number of amides is 1. The van der Waals surface area contributed by atoms with Gasteiger partial charge in [0, 0.05) is 18.2 Å². The van der Waals surface area contributed by atoms with Gasteiger partial charge in [-0.05, 0) is 64.5 Å². The molecule has 0 bridgehead atoms. The SMILES string of the molecule is CC(C)(C)OC(=O)N(CCc1ccccc1)C1c2ccc([N+](=O)[O-])cc2OC2(CCCCC2)C1O. The van der Waals surface area contributed by atoms with Crippen molar-refractivity contribution < 1.29 is 24.3 Å². The van der Waals surface area contributed by atoms with Crippen molar-refractivity contribution in [3.8, 4) is 5.75 Å². The largest absolute Gasteiger partial charge is 0.484 e. The lowest BCUT2D eigenvalue weighted by molar-refractivity contribution is -0.385. The average Bonchev–Trinajstić information content (AvgIpc) is 2.81. The third kappa shape index (κ3) is 5.42. The van der Waals surface area contributed by atoms with Crippen molar-refractivity contribution in [1.29, 1.82) is 0 Å². The van der Waals surface area contributed by atoms with E-state index in [1.807, 2.05) is 30.3 Å². The molecular weight excluding hydrogens is 448 g/mol. The molecule has 8 nitrogen and oxygen atoms in total. The number of ether oxygens (including phenoxy) is 2. The summed E-state index contributed by atoms with van der Waals surface area (Å²) >= 11 is 0. The number of carbonyl (C=O) groups excluding carboxylic acids is 1. The monoisotopic (exact) mass is 482 g/mol. The minimum absolute atomic E-state index is 0.0852. The standard InChI is InChI=1S/C27H34N2O6/c1-26(2,3)35-25(31)28(17-14-19-10-6-4-7-11-19)23-21-13-12-20(29(32)33)18-22(21)34-27(24(23)30)15-8-5-9-16-27/h4,6-7,10-13,18,23-24,30H,5,8-9,14-17H2,1-3H3. The van der Waals surface area contributed by atoms with E-state index in [-0.39, 0.29) is 5.69 Å². The van der Waals surface area contributed by atoms with Crippen molar-refractivity contribution >= 4 is 11.8 Å². The number of non-ortho nitro benzene ring substituents is 1. The van der Waals surface area contributed by atoms with Crippen LogP contribution >= 0.6 is 0 Å². The van der Waals surface area contributed by atoms with Crippen LogP contribution in [0.25, 0.3) is 0 Å². The third-order valence-corrected chi connectivity index (χ3v) is 6.83. The molecule has 2 atom stereocenters. The summed E-state index contributed by atoms with van der Waals surface area (Å²) in [6.07, 6.45) is 3.07. The van der Waals surface area contributed by atoms with Crippen molar-refractivity contribution in [2.45, 2.75) is 82.6 Å². The Hall–Kier alpha value is -3.13. The van der Waals surface area contributed by atoms with Crippen molar-refractivity contribution in [1.82, 2.24) is 4.90 Å². The summed E-state index contributed by atoms with van der Waals surface area (Å²) in [5.74, 6) is 0.352. The molecule has 1 aliphatic carbocycles. The van der Waals surface area contributed by atoms with Crippen LogP contribution in [0.1, 0.15) is 70.0 Å². The Labute approximate surface area is 206 Å². The highest BCUT2D eigenvalue weighted by molar-refractivity contribution is 5.70. The number of hydrogen-bond acceptors (Lipinski definition) is 6. The summed E-state index contributed by atoms with van der Waals surface area (Å²) in [7, 11) is 0. The van der Waals surface area contributed by atoms with Gasteiger partial charge in [0.25, 0.3) is 5.69 Å². The van der Waals surface area contributed by atoms with Gasteiger partial charge in [-0.15, -0.1) is 0 Å². The molecule has 1 spiro atoms.